The first-order chi connectivity index (χ1) is 8.65. The Labute approximate surface area is 107 Å². The van der Waals surface area contributed by atoms with E-state index in [2.05, 4.69) is 25.5 Å². The molecular formula is C10H11N5O2S. The maximum Gasteiger partial charge on any atom is 0.356 e. The maximum atomic E-state index is 10.6. The van der Waals surface area contributed by atoms with Gasteiger partial charge in [0, 0.05) is 13.0 Å². The Bertz CT molecular complexity index is 539. The minimum Gasteiger partial charge on any atom is -0.476 e. The molecule has 0 fully saturated rings. The summed E-state index contributed by atoms with van der Waals surface area (Å²) < 4.78 is 0. The molecule has 0 atom stereocenters. The summed E-state index contributed by atoms with van der Waals surface area (Å²) in [6, 6.07) is 0. The lowest BCUT2D eigenvalue weighted by atomic mass is 10.4. The fraction of sp³-hybridized carbons (Fsp3) is 0.300. The molecule has 2 heterocycles. The monoisotopic (exact) mass is 265 g/mol. The van der Waals surface area contributed by atoms with Gasteiger partial charge in [-0.05, 0) is 6.92 Å². The van der Waals surface area contributed by atoms with Crippen LogP contribution in [0, 0.1) is 6.92 Å². The smallest absolute Gasteiger partial charge is 0.356 e. The molecule has 0 aliphatic rings. The first kappa shape index (κ1) is 12.4. The zero-order valence-corrected chi connectivity index (χ0v) is 10.4. The number of carbonyl (C=O) groups is 1. The minimum absolute atomic E-state index is 0.0692. The minimum atomic E-state index is -1.08. The first-order valence-electron chi connectivity index (χ1n) is 5.23. The van der Waals surface area contributed by atoms with Crippen molar-refractivity contribution in [2.24, 2.45) is 0 Å². The van der Waals surface area contributed by atoms with Gasteiger partial charge in [0.1, 0.15) is 15.8 Å². The van der Waals surface area contributed by atoms with Crippen molar-refractivity contribution in [3.05, 3.63) is 28.1 Å². The van der Waals surface area contributed by atoms with Crippen molar-refractivity contribution < 1.29 is 9.90 Å². The van der Waals surface area contributed by atoms with Crippen molar-refractivity contribution >= 4 is 23.1 Å². The van der Waals surface area contributed by atoms with Gasteiger partial charge in [-0.15, -0.1) is 21.5 Å². The van der Waals surface area contributed by atoms with Gasteiger partial charge in [0.15, 0.2) is 5.69 Å². The van der Waals surface area contributed by atoms with Crippen LogP contribution in [0.3, 0.4) is 0 Å². The van der Waals surface area contributed by atoms with E-state index in [-0.39, 0.29) is 5.69 Å². The lowest BCUT2D eigenvalue weighted by Crippen LogP contribution is -2.08. The number of hydrogen-bond donors (Lipinski definition) is 2. The van der Waals surface area contributed by atoms with Gasteiger partial charge in [0.25, 0.3) is 0 Å². The van der Waals surface area contributed by atoms with Crippen molar-refractivity contribution in [2.45, 2.75) is 13.3 Å². The van der Waals surface area contributed by atoms with Gasteiger partial charge in [0.2, 0.25) is 0 Å². The molecular weight excluding hydrogens is 254 g/mol. The Morgan fingerprint density at radius 3 is 2.78 bits per heavy atom. The fourth-order valence-electron chi connectivity index (χ4n) is 1.27. The van der Waals surface area contributed by atoms with E-state index in [1.54, 1.807) is 11.3 Å². The molecule has 0 saturated heterocycles. The zero-order valence-electron chi connectivity index (χ0n) is 9.62. The number of aryl methyl sites for hydroxylation is 1. The maximum absolute atomic E-state index is 10.6. The molecule has 0 aliphatic carbocycles. The second-order valence-corrected chi connectivity index (χ2v) is 4.75. The predicted molar refractivity (Wildman–Crippen MR) is 65.8 cm³/mol. The molecule has 0 spiro atoms. The molecule has 0 unspecified atom stereocenters. The van der Waals surface area contributed by atoms with Gasteiger partial charge in [-0.25, -0.2) is 14.8 Å². The first-order valence-corrected chi connectivity index (χ1v) is 6.05. The molecule has 2 N–H and O–H groups in total. The SMILES string of the molecule is Cc1nnc(CCNc2cnc(C(=O)O)cn2)s1. The summed E-state index contributed by atoms with van der Waals surface area (Å²) in [7, 11) is 0. The molecule has 8 heteroatoms. The quantitative estimate of drug-likeness (QED) is 0.831. The third-order valence-electron chi connectivity index (χ3n) is 2.08. The largest absolute Gasteiger partial charge is 0.476 e. The summed E-state index contributed by atoms with van der Waals surface area (Å²) in [5.41, 5.74) is -0.0692. The molecule has 7 nitrogen and oxygen atoms in total. The van der Waals surface area contributed by atoms with Crippen LogP contribution in [0.15, 0.2) is 12.4 Å². The summed E-state index contributed by atoms with van der Waals surface area (Å²) >= 11 is 1.55. The molecule has 2 rings (SSSR count). The van der Waals surface area contributed by atoms with Crippen LogP contribution in [0.2, 0.25) is 0 Å². The van der Waals surface area contributed by atoms with E-state index < -0.39 is 5.97 Å². The number of aromatic carboxylic acids is 1. The number of hydrogen-bond acceptors (Lipinski definition) is 7. The number of nitrogens with zero attached hydrogens (tertiary/aromatic N) is 4. The van der Waals surface area contributed by atoms with Gasteiger partial charge in [-0.1, -0.05) is 0 Å². The molecule has 2 aromatic rings. The van der Waals surface area contributed by atoms with E-state index in [1.807, 2.05) is 6.92 Å². The van der Waals surface area contributed by atoms with E-state index in [0.29, 0.717) is 12.4 Å². The van der Waals surface area contributed by atoms with Crippen molar-refractivity contribution in [1.29, 1.82) is 0 Å². The second-order valence-electron chi connectivity index (χ2n) is 3.48. The highest BCUT2D eigenvalue weighted by molar-refractivity contribution is 7.11. The highest BCUT2D eigenvalue weighted by Gasteiger charge is 2.05. The molecule has 0 aromatic carbocycles. The molecule has 0 radical (unpaired) electrons. The van der Waals surface area contributed by atoms with Gasteiger partial charge < -0.3 is 10.4 Å². The Morgan fingerprint density at radius 2 is 2.22 bits per heavy atom. The highest BCUT2D eigenvalue weighted by Crippen LogP contribution is 2.09. The van der Waals surface area contributed by atoms with Crippen molar-refractivity contribution in [3.63, 3.8) is 0 Å². The van der Waals surface area contributed by atoms with E-state index in [1.165, 1.54) is 12.4 Å². The number of carboxylic acids is 1. The van der Waals surface area contributed by atoms with Crippen molar-refractivity contribution in [2.75, 3.05) is 11.9 Å². The second kappa shape index (κ2) is 5.50. The third-order valence-corrected chi connectivity index (χ3v) is 2.98. The van der Waals surface area contributed by atoms with Crippen LogP contribution in [0.1, 0.15) is 20.5 Å². The summed E-state index contributed by atoms with van der Waals surface area (Å²) in [5, 5.41) is 21.5. The van der Waals surface area contributed by atoms with Crippen LogP contribution in [-0.2, 0) is 6.42 Å². The standard InChI is InChI=1S/C10H11N5O2S/c1-6-14-15-9(18-6)2-3-11-8-5-12-7(4-13-8)10(16)17/h4-5H,2-3H2,1H3,(H,11,13)(H,16,17). The Hall–Kier alpha value is -2.09. The number of aromatic nitrogens is 4. The number of nitrogens with one attached hydrogen (secondary N) is 1. The van der Waals surface area contributed by atoms with Crippen molar-refractivity contribution in [3.8, 4) is 0 Å². The van der Waals surface area contributed by atoms with Crippen LogP contribution < -0.4 is 5.32 Å². The van der Waals surface area contributed by atoms with Gasteiger partial charge in [-0.2, -0.15) is 0 Å². The highest BCUT2D eigenvalue weighted by atomic mass is 32.1. The molecule has 0 amide bonds. The summed E-state index contributed by atoms with van der Waals surface area (Å²) in [6.07, 6.45) is 3.36. The molecule has 18 heavy (non-hydrogen) atoms. The van der Waals surface area contributed by atoms with Crippen molar-refractivity contribution in [1.82, 2.24) is 20.2 Å². The van der Waals surface area contributed by atoms with Crippen LogP contribution in [0.25, 0.3) is 0 Å². The molecule has 0 bridgehead atoms. The Morgan fingerprint density at radius 1 is 1.39 bits per heavy atom. The number of anilines is 1. The lowest BCUT2D eigenvalue weighted by Gasteiger charge is -2.03. The summed E-state index contributed by atoms with van der Waals surface area (Å²) in [4.78, 5) is 18.3. The van der Waals surface area contributed by atoms with Gasteiger partial charge in [-0.3, -0.25) is 0 Å². The van der Waals surface area contributed by atoms with Crippen LogP contribution >= 0.6 is 11.3 Å². The average molecular weight is 265 g/mol. The normalized spacial score (nSPS) is 10.3. The van der Waals surface area contributed by atoms with E-state index >= 15 is 0 Å². The predicted octanol–water partition coefficient (Wildman–Crippen LogP) is 0.989. The lowest BCUT2D eigenvalue weighted by molar-refractivity contribution is 0.0690. The molecule has 0 saturated carbocycles. The van der Waals surface area contributed by atoms with Crippen LogP contribution in [0.5, 0.6) is 0 Å². The van der Waals surface area contributed by atoms with E-state index in [9.17, 15) is 4.79 Å². The third kappa shape index (κ3) is 3.20. The van der Waals surface area contributed by atoms with Crippen LogP contribution in [0.4, 0.5) is 5.82 Å². The fourth-order valence-corrected chi connectivity index (χ4v) is 1.97. The van der Waals surface area contributed by atoms with E-state index in [0.717, 1.165) is 16.4 Å². The Kier molecular flexibility index (Phi) is 3.78. The zero-order chi connectivity index (χ0) is 13.0. The topological polar surface area (TPSA) is 101 Å². The molecule has 0 aliphatic heterocycles. The van der Waals surface area contributed by atoms with Gasteiger partial charge >= 0.3 is 5.97 Å². The molecule has 94 valence electrons. The molecule has 2 aromatic heterocycles. The average Bonchev–Trinajstić information content (AvgIpc) is 2.76. The van der Waals surface area contributed by atoms with E-state index in [4.69, 9.17) is 5.11 Å². The summed E-state index contributed by atoms with van der Waals surface area (Å²) in [5.74, 6) is -0.542. The number of rotatable bonds is 5. The van der Waals surface area contributed by atoms with Gasteiger partial charge in [0.05, 0.1) is 12.4 Å². The number of carboxylic acid groups (broad SMARTS) is 1. The summed E-state index contributed by atoms with van der Waals surface area (Å²) in [6.45, 7) is 2.56. The Balaban J connectivity index is 1.85. The van der Waals surface area contributed by atoms with Crippen LogP contribution in [-0.4, -0.2) is 37.8 Å².